The zero-order valence-corrected chi connectivity index (χ0v) is 20.1. The summed E-state index contributed by atoms with van der Waals surface area (Å²) in [6.45, 7) is 5.45. The zero-order valence-electron chi connectivity index (χ0n) is 20.1. The lowest BCUT2D eigenvalue weighted by Gasteiger charge is -2.16. The minimum absolute atomic E-state index is 0.252. The molecule has 35 heavy (non-hydrogen) atoms. The van der Waals surface area contributed by atoms with Crippen molar-refractivity contribution in [2.75, 3.05) is 6.61 Å². The number of aromatic nitrogens is 2. The molecule has 0 saturated heterocycles. The number of aromatic amines is 1. The minimum Gasteiger partial charge on any atom is -0.456 e. The number of hydrogen-bond acceptors (Lipinski definition) is 4. The van der Waals surface area contributed by atoms with Crippen molar-refractivity contribution in [1.82, 2.24) is 14.9 Å². The Morgan fingerprint density at radius 2 is 1.74 bits per heavy atom. The number of H-pyrrole nitrogens is 1. The largest absolute Gasteiger partial charge is 0.456 e. The monoisotopic (exact) mass is 471 g/mol. The van der Waals surface area contributed by atoms with Crippen LogP contribution in [0, 0.1) is 13.8 Å². The first kappa shape index (κ1) is 24.0. The lowest BCUT2D eigenvalue weighted by atomic mass is 10.0. The Balaban J connectivity index is 1.44. The molecule has 0 fully saturated rings. The minimum atomic E-state index is -0.898. The smallest absolute Gasteiger partial charge is 0.329 e. The van der Waals surface area contributed by atoms with Crippen LogP contribution in [0.25, 0.3) is 10.9 Å². The van der Waals surface area contributed by atoms with E-state index in [0.717, 1.165) is 33.4 Å². The molecule has 2 heterocycles. The number of nitrogens with zero attached hydrogens (tertiary/aromatic N) is 1. The van der Waals surface area contributed by atoms with Crippen molar-refractivity contribution in [3.8, 4) is 0 Å². The third-order valence-corrected chi connectivity index (χ3v) is 6.16. The van der Waals surface area contributed by atoms with E-state index >= 15 is 0 Å². The number of ether oxygens (including phenoxy) is 1. The van der Waals surface area contributed by atoms with Crippen LogP contribution in [-0.4, -0.2) is 39.9 Å². The molecule has 1 unspecified atom stereocenters. The summed E-state index contributed by atoms with van der Waals surface area (Å²) in [5.41, 5.74) is 5.26. The third kappa shape index (κ3) is 5.51. The molecule has 0 aliphatic heterocycles. The highest BCUT2D eigenvalue weighted by atomic mass is 16.5. The van der Waals surface area contributed by atoms with Crippen LogP contribution in [0.2, 0.25) is 0 Å². The van der Waals surface area contributed by atoms with Gasteiger partial charge < -0.3 is 19.6 Å². The first-order valence-corrected chi connectivity index (χ1v) is 11.6. The number of hydrogen-bond donors (Lipinski definition) is 2. The number of benzene rings is 2. The van der Waals surface area contributed by atoms with Crippen LogP contribution in [0.4, 0.5) is 0 Å². The summed E-state index contributed by atoms with van der Waals surface area (Å²) in [5.74, 6) is -1.26. The summed E-state index contributed by atoms with van der Waals surface area (Å²) in [6, 6.07) is 18.7. The van der Waals surface area contributed by atoms with Crippen LogP contribution in [0.5, 0.6) is 0 Å². The predicted octanol–water partition coefficient (Wildman–Crippen LogP) is 4.11. The fourth-order valence-corrected chi connectivity index (χ4v) is 4.37. The molecule has 2 aromatic carbocycles. The van der Waals surface area contributed by atoms with Gasteiger partial charge >= 0.3 is 5.97 Å². The summed E-state index contributed by atoms with van der Waals surface area (Å²) >= 11 is 0. The fourth-order valence-electron chi connectivity index (χ4n) is 4.37. The van der Waals surface area contributed by atoms with Gasteiger partial charge in [-0.25, -0.2) is 4.79 Å². The summed E-state index contributed by atoms with van der Waals surface area (Å²) in [6.07, 6.45) is 2.07. The van der Waals surface area contributed by atoms with Gasteiger partial charge in [-0.2, -0.15) is 0 Å². The van der Waals surface area contributed by atoms with Gasteiger partial charge in [-0.3, -0.25) is 9.59 Å². The molecule has 7 nitrogen and oxygen atoms in total. The quantitative estimate of drug-likeness (QED) is 0.284. The highest BCUT2D eigenvalue weighted by Crippen LogP contribution is 2.20. The first-order valence-electron chi connectivity index (χ1n) is 11.6. The molecule has 7 heteroatoms. The summed E-state index contributed by atoms with van der Waals surface area (Å²) in [4.78, 5) is 40.7. The topological polar surface area (TPSA) is 93.2 Å². The second kappa shape index (κ2) is 10.4. The number of ketones is 1. The number of rotatable bonds is 9. The van der Waals surface area contributed by atoms with E-state index in [4.69, 9.17) is 4.74 Å². The van der Waals surface area contributed by atoms with Gasteiger partial charge in [0.1, 0.15) is 6.04 Å². The molecule has 0 aliphatic carbocycles. The maximum atomic E-state index is 12.9. The van der Waals surface area contributed by atoms with Gasteiger partial charge in [-0.15, -0.1) is 0 Å². The van der Waals surface area contributed by atoms with E-state index in [2.05, 4.69) is 14.9 Å². The lowest BCUT2D eigenvalue weighted by Crippen LogP contribution is -2.42. The molecule has 0 radical (unpaired) electrons. The summed E-state index contributed by atoms with van der Waals surface area (Å²) in [5, 5.41) is 3.63. The second-order valence-corrected chi connectivity index (χ2v) is 8.70. The predicted molar refractivity (Wildman–Crippen MR) is 134 cm³/mol. The lowest BCUT2D eigenvalue weighted by molar-refractivity contribution is -0.146. The number of nitrogens with one attached hydrogen (secondary N) is 2. The average molecular weight is 472 g/mol. The molecule has 4 aromatic rings. The molecular formula is C28H29N3O4. The van der Waals surface area contributed by atoms with Gasteiger partial charge in [0.2, 0.25) is 11.7 Å². The van der Waals surface area contributed by atoms with Crippen LogP contribution in [0.3, 0.4) is 0 Å². The Kier molecular flexibility index (Phi) is 7.15. The molecule has 0 saturated carbocycles. The van der Waals surface area contributed by atoms with Crippen molar-refractivity contribution in [3.05, 3.63) is 94.9 Å². The molecule has 1 atom stereocenters. The SMILES string of the molecule is CC(=O)NC(Cc1c[nH]c2ccccc12)C(=O)OCC(=O)c1cc(C)n(Cc2ccccc2)c1C. The fraction of sp³-hybridized carbons (Fsp3) is 0.250. The van der Waals surface area contributed by atoms with Gasteiger partial charge in [0, 0.05) is 53.9 Å². The number of carbonyl (C=O) groups excluding carboxylic acids is 3. The summed E-state index contributed by atoms with van der Waals surface area (Å²) in [7, 11) is 0. The molecular weight excluding hydrogens is 442 g/mol. The Morgan fingerprint density at radius 3 is 2.49 bits per heavy atom. The molecule has 2 aromatic heterocycles. The average Bonchev–Trinajstić information content (AvgIpc) is 3.38. The number of esters is 1. The molecule has 2 N–H and O–H groups in total. The van der Waals surface area contributed by atoms with Gasteiger partial charge in [0.25, 0.3) is 0 Å². The maximum Gasteiger partial charge on any atom is 0.329 e. The van der Waals surface area contributed by atoms with Crippen molar-refractivity contribution in [1.29, 1.82) is 0 Å². The van der Waals surface area contributed by atoms with Crippen LogP contribution in [0.15, 0.2) is 66.9 Å². The number of amides is 1. The van der Waals surface area contributed by atoms with Crippen LogP contribution in [0.1, 0.15) is 39.8 Å². The van der Waals surface area contributed by atoms with E-state index in [1.54, 1.807) is 0 Å². The Bertz CT molecular complexity index is 1370. The van der Waals surface area contributed by atoms with Crippen LogP contribution >= 0.6 is 0 Å². The maximum absolute atomic E-state index is 12.9. The molecule has 1 amide bonds. The highest BCUT2D eigenvalue weighted by Gasteiger charge is 2.25. The van der Waals surface area contributed by atoms with E-state index in [1.807, 2.05) is 80.7 Å². The number of fused-ring (bicyclic) bond motifs is 1. The zero-order chi connectivity index (χ0) is 24.9. The Morgan fingerprint density at radius 1 is 1.03 bits per heavy atom. The van der Waals surface area contributed by atoms with E-state index in [0.29, 0.717) is 12.1 Å². The molecule has 0 bridgehead atoms. The Labute approximate surface area is 204 Å². The van der Waals surface area contributed by atoms with Crippen LogP contribution in [-0.2, 0) is 27.3 Å². The number of para-hydroxylation sites is 1. The molecule has 180 valence electrons. The number of carbonyl (C=O) groups is 3. The van der Waals surface area contributed by atoms with E-state index in [9.17, 15) is 14.4 Å². The van der Waals surface area contributed by atoms with Crippen molar-refractivity contribution in [3.63, 3.8) is 0 Å². The Hall–Kier alpha value is -4.13. The second-order valence-electron chi connectivity index (χ2n) is 8.70. The molecule has 0 aliphatic rings. The highest BCUT2D eigenvalue weighted by molar-refractivity contribution is 5.99. The third-order valence-electron chi connectivity index (χ3n) is 6.16. The van der Waals surface area contributed by atoms with Crippen molar-refractivity contribution in [2.24, 2.45) is 0 Å². The van der Waals surface area contributed by atoms with E-state index < -0.39 is 18.6 Å². The number of aryl methyl sites for hydroxylation is 1. The molecule has 0 spiro atoms. The van der Waals surface area contributed by atoms with Crippen molar-refractivity contribution < 1.29 is 19.1 Å². The first-order chi connectivity index (χ1) is 16.8. The van der Waals surface area contributed by atoms with Crippen LogP contribution < -0.4 is 5.32 Å². The number of Topliss-reactive ketones (excluding diaryl/α,β-unsaturated/α-hetero) is 1. The van der Waals surface area contributed by atoms with E-state index in [-0.39, 0.29) is 18.1 Å². The van der Waals surface area contributed by atoms with Gasteiger partial charge in [-0.1, -0.05) is 48.5 Å². The standard InChI is InChI=1S/C28H29N3O4/c1-18-13-24(19(2)31(18)16-21-9-5-4-6-10-21)27(33)17-35-28(34)26(30-20(3)32)14-22-15-29-25-12-8-7-11-23(22)25/h4-13,15,26,29H,14,16-17H2,1-3H3,(H,30,32). The van der Waals surface area contributed by atoms with Gasteiger partial charge in [-0.05, 0) is 37.1 Å². The van der Waals surface area contributed by atoms with E-state index in [1.165, 1.54) is 6.92 Å². The van der Waals surface area contributed by atoms with Gasteiger partial charge in [0.15, 0.2) is 6.61 Å². The van der Waals surface area contributed by atoms with Gasteiger partial charge in [0.05, 0.1) is 0 Å². The van der Waals surface area contributed by atoms with Crippen molar-refractivity contribution in [2.45, 2.75) is 39.8 Å². The van der Waals surface area contributed by atoms with Crippen molar-refractivity contribution >= 4 is 28.6 Å². The normalized spacial score (nSPS) is 11.9. The molecule has 4 rings (SSSR count). The summed E-state index contributed by atoms with van der Waals surface area (Å²) < 4.78 is 7.45.